The van der Waals surface area contributed by atoms with Crippen molar-refractivity contribution in [3.63, 3.8) is 0 Å². The number of phenolic OH excluding ortho intramolecular Hbond substituents is 1. The summed E-state index contributed by atoms with van der Waals surface area (Å²) in [4.78, 5) is 16.4. The largest absolute Gasteiger partial charge is 0.508 e. The number of aromatic nitrogens is 5. The number of aromatic amines is 1. The van der Waals surface area contributed by atoms with Crippen LogP contribution < -0.4 is 0 Å². The van der Waals surface area contributed by atoms with Gasteiger partial charge in [0.2, 0.25) is 5.82 Å². The number of phenols is 1. The van der Waals surface area contributed by atoms with Gasteiger partial charge in [-0.05, 0) is 59.5 Å². The van der Waals surface area contributed by atoms with E-state index in [4.69, 9.17) is 4.52 Å². The molecule has 30 heavy (non-hydrogen) atoms. The maximum atomic E-state index is 10.0. The Morgan fingerprint density at radius 1 is 0.967 bits per heavy atom. The first-order chi connectivity index (χ1) is 14.6. The Morgan fingerprint density at radius 3 is 2.73 bits per heavy atom. The van der Waals surface area contributed by atoms with Crippen molar-refractivity contribution in [2.75, 3.05) is 0 Å². The minimum Gasteiger partial charge on any atom is -0.508 e. The maximum absolute atomic E-state index is 10.0. The van der Waals surface area contributed by atoms with E-state index in [9.17, 15) is 5.11 Å². The van der Waals surface area contributed by atoms with Gasteiger partial charge in [-0.15, -0.1) is 0 Å². The molecule has 5 aromatic rings. The fraction of sp³-hybridized carbons (Fsp3) is 0.130. The molecule has 0 aliphatic heterocycles. The molecule has 0 aliphatic carbocycles. The molecule has 7 nitrogen and oxygen atoms in total. The molecule has 2 N–H and O–H groups in total. The number of pyridine rings is 2. The summed E-state index contributed by atoms with van der Waals surface area (Å²) in [6.45, 7) is 4.05. The lowest BCUT2D eigenvalue weighted by atomic mass is 9.99. The Balaban J connectivity index is 1.49. The summed E-state index contributed by atoms with van der Waals surface area (Å²) in [6, 6.07) is 13.2. The van der Waals surface area contributed by atoms with Gasteiger partial charge in [0, 0.05) is 35.1 Å². The summed E-state index contributed by atoms with van der Waals surface area (Å²) in [7, 11) is 0. The second-order valence-corrected chi connectivity index (χ2v) is 7.42. The van der Waals surface area contributed by atoms with Crippen LogP contribution in [-0.2, 0) is 0 Å². The van der Waals surface area contributed by atoms with E-state index in [2.05, 4.69) is 31.2 Å². The number of nitrogens with zero attached hydrogens (tertiary/aromatic N) is 4. The number of fused-ring (bicyclic) bond motifs is 1. The van der Waals surface area contributed by atoms with E-state index >= 15 is 0 Å². The molecule has 0 spiro atoms. The van der Waals surface area contributed by atoms with Crippen molar-refractivity contribution in [3.8, 4) is 39.8 Å². The molecule has 0 saturated heterocycles. The molecule has 0 amide bonds. The van der Waals surface area contributed by atoms with Crippen molar-refractivity contribution < 1.29 is 9.63 Å². The molecule has 148 valence electrons. The zero-order chi connectivity index (χ0) is 20.7. The summed E-state index contributed by atoms with van der Waals surface area (Å²) >= 11 is 0. The van der Waals surface area contributed by atoms with Crippen LogP contribution in [0.5, 0.6) is 5.75 Å². The van der Waals surface area contributed by atoms with E-state index in [1.165, 1.54) is 0 Å². The van der Waals surface area contributed by atoms with E-state index in [0.29, 0.717) is 17.4 Å². The number of hydrogen-bond acceptors (Lipinski definition) is 6. The Bertz CT molecular complexity index is 1350. The summed E-state index contributed by atoms with van der Waals surface area (Å²) in [5.74, 6) is 1.23. The number of benzene rings is 1. The van der Waals surface area contributed by atoms with Gasteiger partial charge < -0.3 is 14.6 Å². The topological polar surface area (TPSA) is 101 Å². The molecule has 1 aromatic carbocycles. The second-order valence-electron chi connectivity index (χ2n) is 7.42. The van der Waals surface area contributed by atoms with Crippen LogP contribution in [0.15, 0.2) is 65.6 Å². The van der Waals surface area contributed by atoms with Gasteiger partial charge in [-0.25, -0.2) is 4.98 Å². The van der Waals surface area contributed by atoms with E-state index < -0.39 is 0 Å². The molecule has 0 unspecified atom stereocenters. The fourth-order valence-electron chi connectivity index (χ4n) is 3.43. The first-order valence-electron chi connectivity index (χ1n) is 9.65. The summed E-state index contributed by atoms with van der Waals surface area (Å²) in [6.07, 6.45) is 5.40. The van der Waals surface area contributed by atoms with Crippen molar-refractivity contribution in [1.82, 2.24) is 25.1 Å². The maximum Gasteiger partial charge on any atom is 0.276 e. The quantitative estimate of drug-likeness (QED) is 0.434. The molecular weight excluding hydrogens is 378 g/mol. The number of H-pyrrole nitrogens is 1. The minimum atomic E-state index is 0.181. The zero-order valence-electron chi connectivity index (χ0n) is 16.5. The van der Waals surface area contributed by atoms with Crippen LogP contribution in [0, 0.1) is 0 Å². The van der Waals surface area contributed by atoms with Crippen molar-refractivity contribution in [2.45, 2.75) is 19.8 Å². The van der Waals surface area contributed by atoms with Crippen molar-refractivity contribution in [2.24, 2.45) is 0 Å². The van der Waals surface area contributed by atoms with Gasteiger partial charge in [-0.2, -0.15) is 4.98 Å². The Labute approximate surface area is 172 Å². The van der Waals surface area contributed by atoms with Gasteiger partial charge in [0.25, 0.3) is 5.89 Å². The number of hydrogen-bond donors (Lipinski definition) is 2. The third-order valence-electron chi connectivity index (χ3n) is 5.05. The summed E-state index contributed by atoms with van der Waals surface area (Å²) in [5, 5.41) is 15.2. The van der Waals surface area contributed by atoms with Gasteiger partial charge >= 0.3 is 0 Å². The highest BCUT2D eigenvalue weighted by atomic mass is 16.5. The second kappa shape index (κ2) is 7.11. The molecule has 0 aliphatic rings. The third kappa shape index (κ3) is 3.20. The molecule has 0 radical (unpaired) electrons. The highest BCUT2D eigenvalue weighted by Gasteiger charge is 2.15. The molecule has 4 aromatic heterocycles. The number of rotatable bonds is 4. The molecule has 0 bridgehead atoms. The first-order valence-corrected chi connectivity index (χ1v) is 9.65. The molecular formula is C23H19N5O2. The monoisotopic (exact) mass is 397 g/mol. The lowest BCUT2D eigenvalue weighted by molar-refractivity contribution is 0.431. The van der Waals surface area contributed by atoms with Gasteiger partial charge in [-0.1, -0.05) is 19.0 Å². The summed E-state index contributed by atoms with van der Waals surface area (Å²) in [5.41, 5.74) is 5.00. The number of nitrogens with one attached hydrogen (secondary N) is 1. The lowest BCUT2D eigenvalue weighted by Gasteiger charge is -2.08. The van der Waals surface area contributed by atoms with Crippen LogP contribution in [0.1, 0.15) is 25.3 Å². The molecule has 0 atom stereocenters. The van der Waals surface area contributed by atoms with Crippen LogP contribution in [0.2, 0.25) is 0 Å². The Morgan fingerprint density at radius 2 is 1.87 bits per heavy atom. The van der Waals surface area contributed by atoms with Crippen LogP contribution in [0.25, 0.3) is 45.1 Å². The Kier molecular flexibility index (Phi) is 4.28. The van der Waals surface area contributed by atoms with Gasteiger partial charge in [0.05, 0.1) is 0 Å². The zero-order valence-corrected chi connectivity index (χ0v) is 16.5. The van der Waals surface area contributed by atoms with E-state index in [1.807, 2.05) is 50.5 Å². The van der Waals surface area contributed by atoms with Gasteiger partial charge in [0.1, 0.15) is 17.1 Å². The minimum absolute atomic E-state index is 0.181. The fourth-order valence-corrected chi connectivity index (χ4v) is 3.43. The van der Waals surface area contributed by atoms with Crippen molar-refractivity contribution in [1.29, 1.82) is 0 Å². The average Bonchev–Trinajstić information content (AvgIpc) is 3.43. The van der Waals surface area contributed by atoms with Gasteiger partial charge in [0.15, 0.2) is 0 Å². The molecule has 5 rings (SSSR count). The van der Waals surface area contributed by atoms with Crippen LogP contribution in [0.4, 0.5) is 0 Å². The average molecular weight is 397 g/mol. The van der Waals surface area contributed by atoms with E-state index in [0.717, 1.165) is 33.3 Å². The molecule has 0 saturated carbocycles. The first kappa shape index (κ1) is 18.1. The highest BCUT2D eigenvalue weighted by molar-refractivity contribution is 5.81. The van der Waals surface area contributed by atoms with Crippen LogP contribution in [-0.4, -0.2) is 30.2 Å². The smallest absolute Gasteiger partial charge is 0.276 e. The molecule has 7 heteroatoms. The van der Waals surface area contributed by atoms with Crippen molar-refractivity contribution in [3.05, 3.63) is 66.6 Å². The highest BCUT2D eigenvalue weighted by Crippen LogP contribution is 2.31. The van der Waals surface area contributed by atoms with E-state index in [-0.39, 0.29) is 11.7 Å². The summed E-state index contributed by atoms with van der Waals surface area (Å²) < 4.78 is 5.48. The van der Waals surface area contributed by atoms with Crippen LogP contribution >= 0.6 is 0 Å². The SMILES string of the molecule is CC(C)c1cc(-c2noc(-c3cc(-c4cnc5[nH]ccc5c4)ccn3)n2)ccc1O. The standard InChI is InChI=1S/C23H19N5O2/c1-13(2)18-10-15(3-4-20(18)29)22-27-23(30-28-22)19-11-14(5-7-24-19)17-9-16-6-8-25-21(16)26-12-17/h3-13,29H,1-2H3,(H,25,26). The van der Waals surface area contributed by atoms with Gasteiger partial charge in [-0.3, -0.25) is 4.98 Å². The lowest BCUT2D eigenvalue weighted by Crippen LogP contribution is -1.90. The van der Waals surface area contributed by atoms with Crippen molar-refractivity contribution >= 4 is 11.0 Å². The normalized spacial score (nSPS) is 11.4. The number of aromatic hydroxyl groups is 1. The molecule has 0 fully saturated rings. The van der Waals surface area contributed by atoms with E-state index in [1.54, 1.807) is 18.3 Å². The Hall–Kier alpha value is -4.00. The van der Waals surface area contributed by atoms with Crippen LogP contribution in [0.3, 0.4) is 0 Å². The predicted octanol–water partition coefficient (Wildman–Crippen LogP) is 5.17. The predicted molar refractivity (Wildman–Crippen MR) is 114 cm³/mol. The third-order valence-corrected chi connectivity index (χ3v) is 5.05. The molecule has 4 heterocycles.